The molecule has 5 aliphatic rings. The lowest BCUT2D eigenvalue weighted by Gasteiger charge is -2.62. The average Bonchev–Trinajstić information content (AvgIpc) is 2.29. The van der Waals surface area contributed by atoms with E-state index in [1.54, 1.807) is 12.5 Å². The molecule has 5 aliphatic carbocycles. The molecule has 0 heterocycles. The molecule has 92 valence electrons. The lowest BCUT2D eigenvalue weighted by Crippen LogP contribution is -2.61. The summed E-state index contributed by atoms with van der Waals surface area (Å²) in [5.74, 6) is 1.65. The highest BCUT2D eigenvalue weighted by Crippen LogP contribution is 2.64. The van der Waals surface area contributed by atoms with Gasteiger partial charge in [-0.2, -0.15) is 0 Å². The van der Waals surface area contributed by atoms with Crippen molar-refractivity contribution in [1.82, 2.24) is 0 Å². The van der Waals surface area contributed by atoms with E-state index in [1.165, 1.54) is 12.8 Å². The number of carbonyl (C=O) groups is 1. The van der Waals surface area contributed by atoms with E-state index >= 15 is 0 Å². The summed E-state index contributed by atoms with van der Waals surface area (Å²) >= 11 is 0. The van der Waals surface area contributed by atoms with Crippen LogP contribution in [0.2, 0.25) is 0 Å². The first-order chi connectivity index (χ1) is 8.08. The number of allylic oxidation sites excluding steroid dienone is 1. The molecule has 0 amide bonds. The van der Waals surface area contributed by atoms with E-state index in [9.17, 15) is 4.79 Å². The maximum Gasteiger partial charge on any atom is 0.333 e. The topological polar surface area (TPSA) is 26.3 Å². The molecule has 4 unspecified atom stereocenters. The van der Waals surface area contributed by atoms with Crippen LogP contribution in [0.3, 0.4) is 0 Å². The summed E-state index contributed by atoms with van der Waals surface area (Å²) < 4.78 is 5.89. The van der Waals surface area contributed by atoms with Crippen LogP contribution in [0.4, 0.5) is 0 Å². The van der Waals surface area contributed by atoms with Gasteiger partial charge in [0.2, 0.25) is 0 Å². The molecule has 5 rings (SSSR count). The fourth-order valence-electron chi connectivity index (χ4n) is 4.13. The molecule has 0 radical (unpaired) electrons. The van der Waals surface area contributed by atoms with Crippen molar-refractivity contribution in [3.05, 3.63) is 23.8 Å². The van der Waals surface area contributed by atoms with Crippen molar-refractivity contribution in [2.24, 2.45) is 17.8 Å². The Morgan fingerprint density at radius 2 is 2.35 bits per heavy atom. The molecule has 3 saturated carbocycles. The molecule has 0 aromatic heterocycles. The summed E-state index contributed by atoms with van der Waals surface area (Å²) in [6.07, 6.45) is 6.87. The molecule has 4 atom stereocenters. The second-order valence-electron chi connectivity index (χ2n) is 5.84. The normalized spacial score (nSPS) is 41.5. The van der Waals surface area contributed by atoms with Gasteiger partial charge >= 0.3 is 5.97 Å². The molecule has 0 aliphatic heterocycles. The van der Waals surface area contributed by atoms with Crippen LogP contribution in [0.1, 0.15) is 39.5 Å². The Kier molecular flexibility index (Phi) is 2.26. The first-order valence-electron chi connectivity index (χ1n) is 6.67. The van der Waals surface area contributed by atoms with Crippen LogP contribution in [0.5, 0.6) is 0 Å². The number of fused-ring (bicyclic) bond motifs is 1. The molecule has 2 nitrogen and oxygen atoms in total. The van der Waals surface area contributed by atoms with E-state index in [0.717, 1.165) is 18.8 Å². The van der Waals surface area contributed by atoms with Gasteiger partial charge in [0.25, 0.3) is 0 Å². The summed E-state index contributed by atoms with van der Waals surface area (Å²) in [6, 6.07) is 0. The minimum atomic E-state index is -0.213. The van der Waals surface area contributed by atoms with E-state index in [-0.39, 0.29) is 11.6 Å². The summed E-state index contributed by atoms with van der Waals surface area (Å²) in [5.41, 5.74) is 1.88. The van der Waals surface area contributed by atoms with E-state index in [2.05, 4.69) is 19.6 Å². The lowest BCUT2D eigenvalue weighted by molar-refractivity contribution is -0.190. The highest BCUT2D eigenvalue weighted by Gasteiger charge is 2.61. The van der Waals surface area contributed by atoms with Gasteiger partial charge in [0, 0.05) is 17.4 Å². The predicted octanol–water partition coefficient (Wildman–Crippen LogP) is 3.24. The van der Waals surface area contributed by atoms with Gasteiger partial charge in [0.1, 0.15) is 5.60 Å². The van der Waals surface area contributed by atoms with Crippen LogP contribution in [0.15, 0.2) is 23.8 Å². The molecule has 3 fully saturated rings. The van der Waals surface area contributed by atoms with Crippen molar-refractivity contribution in [3.63, 3.8) is 0 Å². The second-order valence-corrected chi connectivity index (χ2v) is 5.84. The van der Waals surface area contributed by atoms with E-state index < -0.39 is 0 Å². The Labute approximate surface area is 103 Å². The Balaban J connectivity index is 1.90. The average molecular weight is 232 g/mol. The van der Waals surface area contributed by atoms with E-state index in [4.69, 9.17) is 4.74 Å². The fourth-order valence-corrected chi connectivity index (χ4v) is 4.13. The van der Waals surface area contributed by atoms with Crippen LogP contribution in [0, 0.1) is 17.8 Å². The summed E-state index contributed by atoms with van der Waals surface area (Å²) in [6.45, 7) is 7.58. The minimum absolute atomic E-state index is 0.205. The SMILES string of the molecule is C=C(C)C(=O)OC1(CC)C2CC=C3C(C2)CC31. The van der Waals surface area contributed by atoms with Gasteiger partial charge in [-0.25, -0.2) is 4.79 Å². The van der Waals surface area contributed by atoms with E-state index in [0.29, 0.717) is 17.4 Å². The zero-order chi connectivity index (χ0) is 12.2. The third-order valence-electron chi connectivity index (χ3n) is 5.07. The van der Waals surface area contributed by atoms with Gasteiger partial charge in [-0.15, -0.1) is 0 Å². The molecular weight excluding hydrogens is 212 g/mol. The smallest absolute Gasteiger partial charge is 0.333 e. The van der Waals surface area contributed by atoms with Crippen molar-refractivity contribution in [2.45, 2.75) is 45.1 Å². The zero-order valence-corrected chi connectivity index (χ0v) is 10.7. The van der Waals surface area contributed by atoms with Crippen LogP contribution in [0.25, 0.3) is 0 Å². The maximum absolute atomic E-state index is 11.9. The Bertz CT molecular complexity index is 421. The molecule has 17 heavy (non-hydrogen) atoms. The number of rotatable bonds is 3. The standard InChI is InChI=1S/C15H20O2/c1-4-15(17-14(16)9(2)3)11-5-6-12-10(7-11)8-13(12)15/h6,10-11,13H,2,4-5,7-8H2,1,3H3. The summed E-state index contributed by atoms with van der Waals surface area (Å²) in [4.78, 5) is 11.9. The van der Waals surface area contributed by atoms with Gasteiger partial charge in [0.05, 0.1) is 0 Å². The number of hydrogen-bond donors (Lipinski definition) is 0. The monoisotopic (exact) mass is 232 g/mol. The van der Waals surface area contributed by atoms with Gasteiger partial charge < -0.3 is 4.74 Å². The third kappa shape index (κ3) is 1.30. The van der Waals surface area contributed by atoms with Crippen LogP contribution in [-0.4, -0.2) is 11.6 Å². The number of hydrogen-bond acceptors (Lipinski definition) is 2. The predicted molar refractivity (Wildman–Crippen MR) is 66.3 cm³/mol. The quantitative estimate of drug-likeness (QED) is 0.424. The Morgan fingerprint density at radius 1 is 1.59 bits per heavy atom. The van der Waals surface area contributed by atoms with Crippen LogP contribution in [-0.2, 0) is 9.53 Å². The first kappa shape index (κ1) is 11.1. The molecule has 2 heteroatoms. The number of ether oxygens (including phenoxy) is 1. The molecule has 0 saturated heterocycles. The van der Waals surface area contributed by atoms with Gasteiger partial charge in [-0.3, -0.25) is 0 Å². The minimum Gasteiger partial charge on any atom is -0.455 e. The zero-order valence-electron chi connectivity index (χ0n) is 10.7. The second kappa shape index (κ2) is 3.47. The highest BCUT2D eigenvalue weighted by molar-refractivity contribution is 5.87. The summed E-state index contributed by atoms with van der Waals surface area (Å²) in [5, 5.41) is 0. The summed E-state index contributed by atoms with van der Waals surface area (Å²) in [7, 11) is 0. The van der Waals surface area contributed by atoms with E-state index in [1.807, 2.05) is 0 Å². The number of carbonyl (C=O) groups excluding carboxylic acids is 1. The van der Waals surface area contributed by atoms with Gasteiger partial charge in [0.15, 0.2) is 0 Å². The van der Waals surface area contributed by atoms with Crippen LogP contribution < -0.4 is 0 Å². The first-order valence-corrected chi connectivity index (χ1v) is 6.67. The van der Waals surface area contributed by atoms with Crippen LogP contribution >= 0.6 is 0 Å². The molecule has 0 aromatic rings. The largest absolute Gasteiger partial charge is 0.455 e. The Morgan fingerprint density at radius 3 is 2.82 bits per heavy atom. The molecule has 0 N–H and O–H groups in total. The van der Waals surface area contributed by atoms with Crippen molar-refractivity contribution < 1.29 is 9.53 Å². The molecule has 0 aromatic carbocycles. The van der Waals surface area contributed by atoms with Crippen molar-refractivity contribution in [2.75, 3.05) is 0 Å². The molecule has 4 bridgehead atoms. The lowest BCUT2D eigenvalue weighted by atomic mass is 9.46. The van der Waals surface area contributed by atoms with Gasteiger partial charge in [-0.1, -0.05) is 25.2 Å². The fraction of sp³-hybridized carbons (Fsp3) is 0.667. The van der Waals surface area contributed by atoms with Gasteiger partial charge in [-0.05, 0) is 38.5 Å². The number of esters is 1. The highest BCUT2D eigenvalue weighted by atomic mass is 16.6. The van der Waals surface area contributed by atoms with Crippen molar-refractivity contribution in [3.8, 4) is 0 Å². The Hall–Kier alpha value is -1.05. The molecular formula is C15H20O2. The van der Waals surface area contributed by atoms with Crippen molar-refractivity contribution in [1.29, 1.82) is 0 Å². The molecule has 0 spiro atoms. The third-order valence-corrected chi connectivity index (χ3v) is 5.07. The maximum atomic E-state index is 11.9. The van der Waals surface area contributed by atoms with Crippen molar-refractivity contribution >= 4 is 5.97 Å².